The molecule has 9 nitrogen and oxygen atoms in total. The number of nitrogens with zero attached hydrogens (tertiary/aromatic N) is 1. The van der Waals surface area contributed by atoms with E-state index in [-0.39, 0.29) is 42.1 Å². The van der Waals surface area contributed by atoms with Crippen molar-refractivity contribution in [2.75, 3.05) is 18.5 Å². The Bertz CT molecular complexity index is 930. The molecule has 0 unspecified atom stereocenters. The smallest absolute Gasteiger partial charge is 0.338 e. The first-order chi connectivity index (χ1) is 15.3. The molecular formula is C23H26N2O7. The Morgan fingerprint density at radius 2 is 1.62 bits per heavy atom. The van der Waals surface area contributed by atoms with E-state index in [0.717, 1.165) is 24.2 Å². The zero-order chi connectivity index (χ0) is 23.0. The van der Waals surface area contributed by atoms with Gasteiger partial charge in [0, 0.05) is 5.69 Å². The number of hydrogen-bond donors (Lipinski definition) is 1. The standard InChI is InChI=1S/C23H26N2O7/c1-3-31-23(30)13-6-8-16(9-7-13)24-17(26)11-32-22(29)12(2)25-20(27)18-14-4-5-15(10-14)19(18)21(25)28/h6-9,12,14-15,18-19H,3-5,10-11H2,1-2H3,(H,24,26)/t12-,14-,15-,18-,19+/m0/s1. The molecule has 1 aromatic carbocycles. The zero-order valence-corrected chi connectivity index (χ0v) is 18.0. The number of fused-ring (bicyclic) bond motifs is 5. The lowest BCUT2D eigenvalue weighted by Crippen LogP contribution is -2.45. The third kappa shape index (κ3) is 3.87. The molecule has 1 saturated heterocycles. The normalized spacial score (nSPS) is 26.6. The number of likely N-dealkylation sites (tertiary alicyclic amines) is 1. The largest absolute Gasteiger partial charge is 0.462 e. The summed E-state index contributed by atoms with van der Waals surface area (Å²) in [6.07, 6.45) is 2.83. The summed E-state index contributed by atoms with van der Waals surface area (Å²) in [6.45, 7) is 2.86. The molecule has 1 heterocycles. The molecule has 0 spiro atoms. The van der Waals surface area contributed by atoms with Gasteiger partial charge in [0.25, 0.3) is 5.91 Å². The van der Waals surface area contributed by atoms with Crippen molar-refractivity contribution in [3.63, 3.8) is 0 Å². The number of anilines is 1. The topological polar surface area (TPSA) is 119 Å². The highest BCUT2D eigenvalue weighted by Gasteiger charge is 2.62. The molecule has 2 bridgehead atoms. The second-order valence-electron chi connectivity index (χ2n) is 8.56. The quantitative estimate of drug-likeness (QED) is 0.505. The minimum absolute atomic E-state index is 0.232. The Hall–Kier alpha value is -3.23. The number of amides is 3. The van der Waals surface area contributed by atoms with Gasteiger partial charge in [-0.15, -0.1) is 0 Å². The minimum Gasteiger partial charge on any atom is -0.462 e. The number of esters is 2. The number of rotatable bonds is 7. The van der Waals surface area contributed by atoms with Crippen LogP contribution in [-0.2, 0) is 28.7 Å². The van der Waals surface area contributed by atoms with Crippen LogP contribution in [0.5, 0.6) is 0 Å². The van der Waals surface area contributed by atoms with E-state index in [1.54, 1.807) is 6.92 Å². The van der Waals surface area contributed by atoms with Crippen LogP contribution in [0.1, 0.15) is 43.5 Å². The van der Waals surface area contributed by atoms with Crippen LogP contribution in [0.3, 0.4) is 0 Å². The molecule has 3 aliphatic rings. The average Bonchev–Trinajstić information content (AvgIpc) is 3.46. The van der Waals surface area contributed by atoms with Crippen LogP contribution in [0.25, 0.3) is 0 Å². The number of hydrogen-bond acceptors (Lipinski definition) is 7. The number of imide groups is 1. The third-order valence-corrected chi connectivity index (χ3v) is 6.72. The summed E-state index contributed by atoms with van der Waals surface area (Å²) < 4.78 is 9.96. The first-order valence-electron chi connectivity index (χ1n) is 10.9. The van der Waals surface area contributed by atoms with Gasteiger partial charge in [0.1, 0.15) is 6.04 Å². The summed E-state index contributed by atoms with van der Waals surface area (Å²) in [5.41, 5.74) is 0.767. The van der Waals surface area contributed by atoms with Gasteiger partial charge in [0.15, 0.2) is 6.61 Å². The Morgan fingerprint density at radius 3 is 2.19 bits per heavy atom. The fourth-order valence-corrected chi connectivity index (χ4v) is 5.28. The third-order valence-electron chi connectivity index (χ3n) is 6.72. The van der Waals surface area contributed by atoms with Crippen molar-refractivity contribution in [3.8, 4) is 0 Å². The number of ether oxygens (including phenoxy) is 2. The second-order valence-corrected chi connectivity index (χ2v) is 8.56. The molecule has 2 saturated carbocycles. The van der Waals surface area contributed by atoms with E-state index in [1.807, 2.05) is 0 Å². The van der Waals surface area contributed by atoms with Crippen molar-refractivity contribution >= 4 is 35.3 Å². The molecule has 170 valence electrons. The average molecular weight is 442 g/mol. The Labute approximate surface area is 185 Å². The van der Waals surface area contributed by atoms with Crippen LogP contribution >= 0.6 is 0 Å². The van der Waals surface area contributed by atoms with E-state index in [4.69, 9.17) is 9.47 Å². The molecule has 1 N–H and O–H groups in total. The number of benzene rings is 1. The molecule has 1 aromatic rings. The second kappa shape index (κ2) is 8.72. The maximum Gasteiger partial charge on any atom is 0.338 e. The zero-order valence-electron chi connectivity index (χ0n) is 18.0. The number of carbonyl (C=O) groups is 5. The van der Waals surface area contributed by atoms with E-state index in [9.17, 15) is 24.0 Å². The first-order valence-corrected chi connectivity index (χ1v) is 10.9. The molecule has 4 rings (SSSR count). The molecule has 32 heavy (non-hydrogen) atoms. The van der Waals surface area contributed by atoms with Crippen LogP contribution in [0.2, 0.25) is 0 Å². The van der Waals surface area contributed by atoms with Crippen LogP contribution in [-0.4, -0.2) is 53.8 Å². The van der Waals surface area contributed by atoms with Crippen LogP contribution in [0, 0.1) is 23.7 Å². The predicted octanol–water partition coefficient (Wildman–Crippen LogP) is 1.76. The minimum atomic E-state index is -1.07. The summed E-state index contributed by atoms with van der Waals surface area (Å²) in [4.78, 5) is 62.9. The summed E-state index contributed by atoms with van der Waals surface area (Å²) in [7, 11) is 0. The highest BCUT2D eigenvalue weighted by atomic mass is 16.5. The molecule has 3 fully saturated rings. The lowest BCUT2D eigenvalue weighted by molar-refractivity contribution is -0.159. The van der Waals surface area contributed by atoms with Crippen molar-refractivity contribution in [1.29, 1.82) is 0 Å². The van der Waals surface area contributed by atoms with E-state index >= 15 is 0 Å². The monoisotopic (exact) mass is 442 g/mol. The summed E-state index contributed by atoms with van der Waals surface area (Å²) in [6, 6.07) is 5.01. The fraction of sp³-hybridized carbons (Fsp3) is 0.522. The van der Waals surface area contributed by atoms with Gasteiger partial charge >= 0.3 is 11.9 Å². The summed E-state index contributed by atoms with van der Waals surface area (Å²) in [5.74, 6) is -2.57. The van der Waals surface area contributed by atoms with Gasteiger partial charge in [-0.2, -0.15) is 0 Å². The van der Waals surface area contributed by atoms with Crippen LogP contribution in [0.15, 0.2) is 24.3 Å². The molecule has 0 radical (unpaired) electrons. The Kier molecular flexibility index (Phi) is 5.99. The van der Waals surface area contributed by atoms with E-state index in [2.05, 4.69) is 5.32 Å². The van der Waals surface area contributed by atoms with Gasteiger partial charge in [0.2, 0.25) is 11.8 Å². The Morgan fingerprint density at radius 1 is 1.03 bits per heavy atom. The van der Waals surface area contributed by atoms with Gasteiger partial charge in [0.05, 0.1) is 24.0 Å². The SMILES string of the molecule is CCOC(=O)c1ccc(NC(=O)COC(=O)[C@H](C)N2C(=O)[C@@H]3[C@H]4CC[C@@H](C4)[C@@H]3C2=O)cc1. The van der Waals surface area contributed by atoms with E-state index in [1.165, 1.54) is 31.2 Å². The molecule has 3 amide bonds. The van der Waals surface area contributed by atoms with Gasteiger partial charge < -0.3 is 14.8 Å². The lowest BCUT2D eigenvalue weighted by atomic mass is 9.81. The number of carbonyl (C=O) groups excluding carboxylic acids is 5. The molecule has 0 aromatic heterocycles. The van der Waals surface area contributed by atoms with Crippen molar-refractivity contribution in [2.45, 2.75) is 39.2 Å². The molecular weight excluding hydrogens is 416 g/mol. The van der Waals surface area contributed by atoms with Gasteiger partial charge in [-0.05, 0) is 69.2 Å². The van der Waals surface area contributed by atoms with Crippen molar-refractivity contribution in [1.82, 2.24) is 4.90 Å². The van der Waals surface area contributed by atoms with Gasteiger partial charge in [-0.3, -0.25) is 19.3 Å². The number of nitrogens with one attached hydrogen (secondary N) is 1. The highest BCUT2D eigenvalue weighted by Crippen LogP contribution is 2.56. The molecule has 1 aliphatic heterocycles. The van der Waals surface area contributed by atoms with Gasteiger partial charge in [-0.25, -0.2) is 9.59 Å². The summed E-state index contributed by atoms with van der Waals surface area (Å²) in [5, 5.41) is 2.56. The maximum absolute atomic E-state index is 12.8. The predicted molar refractivity (Wildman–Crippen MR) is 111 cm³/mol. The molecule has 5 atom stereocenters. The molecule has 9 heteroatoms. The van der Waals surface area contributed by atoms with E-state index < -0.39 is 30.5 Å². The van der Waals surface area contributed by atoms with Gasteiger partial charge in [-0.1, -0.05) is 0 Å². The van der Waals surface area contributed by atoms with Crippen molar-refractivity contribution < 1.29 is 33.4 Å². The Balaban J connectivity index is 1.29. The van der Waals surface area contributed by atoms with Crippen molar-refractivity contribution in [3.05, 3.63) is 29.8 Å². The van der Waals surface area contributed by atoms with Crippen molar-refractivity contribution in [2.24, 2.45) is 23.7 Å². The van der Waals surface area contributed by atoms with Crippen LogP contribution in [0.4, 0.5) is 5.69 Å². The molecule has 2 aliphatic carbocycles. The van der Waals surface area contributed by atoms with Crippen LogP contribution < -0.4 is 5.32 Å². The maximum atomic E-state index is 12.8. The lowest BCUT2D eigenvalue weighted by Gasteiger charge is -2.23. The highest BCUT2D eigenvalue weighted by molar-refractivity contribution is 6.08. The van der Waals surface area contributed by atoms with E-state index in [0.29, 0.717) is 11.3 Å². The first kappa shape index (κ1) is 22.0. The summed E-state index contributed by atoms with van der Waals surface area (Å²) >= 11 is 0. The fourth-order valence-electron chi connectivity index (χ4n) is 5.28.